The number of sulfonamides is 1. The van der Waals surface area contributed by atoms with Crippen molar-refractivity contribution in [2.24, 2.45) is 0 Å². The summed E-state index contributed by atoms with van der Waals surface area (Å²) >= 11 is 0. The topological polar surface area (TPSA) is 86.8 Å². The van der Waals surface area contributed by atoms with Gasteiger partial charge in [0.25, 0.3) is 10.0 Å². The fourth-order valence-electron chi connectivity index (χ4n) is 5.65. The fraction of sp³-hybridized carbons (Fsp3) is 0.400. The highest BCUT2D eigenvalue weighted by molar-refractivity contribution is 7.93. The summed E-state index contributed by atoms with van der Waals surface area (Å²) in [6.45, 7) is 2.02. The van der Waals surface area contributed by atoms with Crippen LogP contribution in [0.4, 0.5) is 10.1 Å². The van der Waals surface area contributed by atoms with Crippen molar-refractivity contribution < 1.29 is 22.4 Å². The number of hydrogen-bond acceptors (Lipinski definition) is 4. The van der Waals surface area contributed by atoms with Gasteiger partial charge >= 0.3 is 0 Å². The zero-order valence-corrected chi connectivity index (χ0v) is 22.9. The molecule has 0 unspecified atom stereocenters. The van der Waals surface area contributed by atoms with Gasteiger partial charge < -0.3 is 10.2 Å². The molecule has 3 aromatic carbocycles. The van der Waals surface area contributed by atoms with E-state index in [9.17, 15) is 22.4 Å². The molecule has 7 nitrogen and oxygen atoms in total. The van der Waals surface area contributed by atoms with Crippen LogP contribution in [0, 0.1) is 5.82 Å². The maximum absolute atomic E-state index is 13.5. The summed E-state index contributed by atoms with van der Waals surface area (Å²) in [5.74, 6) is -0.831. The Morgan fingerprint density at radius 1 is 1.03 bits per heavy atom. The van der Waals surface area contributed by atoms with Crippen LogP contribution in [0.1, 0.15) is 57.4 Å². The molecule has 0 spiro atoms. The van der Waals surface area contributed by atoms with E-state index in [0.717, 1.165) is 31.1 Å². The van der Waals surface area contributed by atoms with E-state index < -0.39 is 16.1 Å². The third-order valence-electron chi connectivity index (χ3n) is 7.82. The van der Waals surface area contributed by atoms with Gasteiger partial charge in [0.15, 0.2) is 0 Å². The van der Waals surface area contributed by atoms with Crippen molar-refractivity contribution in [1.82, 2.24) is 10.2 Å². The van der Waals surface area contributed by atoms with Gasteiger partial charge in [-0.2, -0.15) is 0 Å². The highest BCUT2D eigenvalue weighted by Gasteiger charge is 2.35. The molecule has 1 N–H and O–H groups in total. The van der Waals surface area contributed by atoms with Gasteiger partial charge in [-0.25, -0.2) is 12.8 Å². The van der Waals surface area contributed by atoms with E-state index in [4.69, 9.17) is 0 Å². The van der Waals surface area contributed by atoms with Crippen molar-refractivity contribution in [2.45, 2.75) is 75.4 Å². The van der Waals surface area contributed by atoms with Crippen molar-refractivity contribution in [2.75, 3.05) is 10.8 Å². The highest BCUT2D eigenvalue weighted by atomic mass is 32.2. The predicted molar refractivity (Wildman–Crippen MR) is 149 cm³/mol. The molecule has 3 aromatic rings. The molecule has 1 saturated carbocycles. The number of nitrogens with one attached hydrogen (secondary N) is 1. The van der Waals surface area contributed by atoms with Gasteiger partial charge in [-0.15, -0.1) is 0 Å². The van der Waals surface area contributed by atoms with Crippen LogP contribution >= 0.6 is 0 Å². The van der Waals surface area contributed by atoms with Crippen LogP contribution in [0.25, 0.3) is 10.8 Å². The number of amides is 2. The first-order chi connectivity index (χ1) is 18.8. The summed E-state index contributed by atoms with van der Waals surface area (Å²) in [7, 11) is -3.71. The van der Waals surface area contributed by atoms with E-state index in [-0.39, 0.29) is 48.1 Å². The van der Waals surface area contributed by atoms with Crippen LogP contribution in [0.2, 0.25) is 0 Å². The molecule has 0 saturated heterocycles. The Kier molecular flexibility index (Phi) is 7.88. The average Bonchev–Trinajstić information content (AvgIpc) is 3.16. The first kappa shape index (κ1) is 27.1. The quantitative estimate of drug-likeness (QED) is 0.399. The van der Waals surface area contributed by atoms with E-state index in [1.807, 2.05) is 18.2 Å². The first-order valence-electron chi connectivity index (χ1n) is 13.6. The molecule has 1 aliphatic carbocycles. The highest BCUT2D eigenvalue weighted by Crippen LogP contribution is 2.42. The van der Waals surface area contributed by atoms with Gasteiger partial charge in [0.05, 0.1) is 10.6 Å². The Labute approximate surface area is 229 Å². The van der Waals surface area contributed by atoms with E-state index in [2.05, 4.69) is 5.32 Å². The van der Waals surface area contributed by atoms with Crippen LogP contribution in [0.15, 0.2) is 65.6 Å². The third kappa shape index (κ3) is 5.64. The van der Waals surface area contributed by atoms with E-state index in [1.165, 1.54) is 27.8 Å². The molecule has 1 aliphatic heterocycles. The minimum Gasteiger partial charge on any atom is -0.352 e. The number of carbonyl (C=O) groups is 2. The number of halogens is 1. The third-order valence-corrected chi connectivity index (χ3v) is 9.67. The lowest BCUT2D eigenvalue weighted by Gasteiger charge is -2.31. The molecule has 1 atom stereocenters. The van der Waals surface area contributed by atoms with Crippen molar-refractivity contribution in [3.05, 3.63) is 72.0 Å². The summed E-state index contributed by atoms with van der Waals surface area (Å²) in [6.07, 6.45) is 5.56. The van der Waals surface area contributed by atoms with Gasteiger partial charge in [-0.05, 0) is 61.4 Å². The second-order valence-electron chi connectivity index (χ2n) is 10.5. The number of carbonyl (C=O) groups excluding carboxylic acids is 2. The second-order valence-corrected chi connectivity index (χ2v) is 12.3. The Balaban J connectivity index is 1.29. The summed E-state index contributed by atoms with van der Waals surface area (Å²) in [6, 6.07) is 16.0. The number of benzene rings is 3. The van der Waals surface area contributed by atoms with Crippen molar-refractivity contribution in [3.63, 3.8) is 0 Å². The van der Waals surface area contributed by atoms with Crippen molar-refractivity contribution in [3.8, 4) is 0 Å². The average molecular weight is 552 g/mol. The Morgan fingerprint density at radius 3 is 2.44 bits per heavy atom. The first-order valence-corrected chi connectivity index (χ1v) is 15.1. The molecular formula is C30H34FN3O4S. The standard InChI is InChI=1S/C30H34FN3O4S/c1-21(30(36)32-25-10-3-2-4-11-25)33(20-22-15-17-24(31)18-16-22)28(35)14-7-19-34-26-12-5-8-23-9-6-13-27(29(23)26)39(34,37)38/h5-6,8-9,12-13,15-18,21,25H,2-4,7,10-11,14,19-20H2,1H3,(H,32,36)/t21-/m1/s1. The summed E-state index contributed by atoms with van der Waals surface area (Å²) in [4.78, 5) is 28.4. The molecule has 5 rings (SSSR count). The summed E-state index contributed by atoms with van der Waals surface area (Å²) in [5, 5.41) is 4.66. The number of hydrogen-bond donors (Lipinski definition) is 1. The van der Waals surface area contributed by atoms with Crippen LogP contribution in [0.5, 0.6) is 0 Å². The smallest absolute Gasteiger partial charge is 0.265 e. The zero-order chi connectivity index (χ0) is 27.6. The normalized spacial score (nSPS) is 17.2. The minimum atomic E-state index is -3.71. The molecule has 206 valence electrons. The number of rotatable bonds is 9. The molecule has 0 aromatic heterocycles. The van der Waals surface area contributed by atoms with Crippen LogP contribution in [-0.4, -0.2) is 43.8 Å². The van der Waals surface area contributed by atoms with Crippen LogP contribution in [0.3, 0.4) is 0 Å². The van der Waals surface area contributed by atoms with E-state index >= 15 is 0 Å². The minimum absolute atomic E-state index is 0.0700. The van der Waals surface area contributed by atoms with Gasteiger partial charge in [0, 0.05) is 30.9 Å². The van der Waals surface area contributed by atoms with Crippen molar-refractivity contribution >= 4 is 38.3 Å². The van der Waals surface area contributed by atoms with Gasteiger partial charge in [-0.3, -0.25) is 13.9 Å². The summed E-state index contributed by atoms with van der Waals surface area (Å²) in [5.41, 5.74) is 1.34. The second kappa shape index (κ2) is 11.3. The Morgan fingerprint density at radius 2 is 1.72 bits per heavy atom. The lowest BCUT2D eigenvalue weighted by atomic mass is 9.95. The molecular weight excluding hydrogens is 517 g/mol. The lowest BCUT2D eigenvalue weighted by molar-refractivity contribution is -0.141. The van der Waals surface area contributed by atoms with E-state index in [0.29, 0.717) is 23.1 Å². The maximum Gasteiger partial charge on any atom is 0.265 e. The monoisotopic (exact) mass is 551 g/mol. The van der Waals surface area contributed by atoms with Gasteiger partial charge in [-0.1, -0.05) is 55.7 Å². The predicted octanol–water partition coefficient (Wildman–Crippen LogP) is 5.13. The van der Waals surface area contributed by atoms with E-state index in [1.54, 1.807) is 37.3 Å². The maximum atomic E-state index is 13.5. The van der Waals surface area contributed by atoms with Crippen LogP contribution < -0.4 is 9.62 Å². The molecule has 1 fully saturated rings. The lowest BCUT2D eigenvalue weighted by Crippen LogP contribution is -2.50. The SMILES string of the molecule is C[C@H](C(=O)NC1CCCCC1)N(Cc1ccc(F)cc1)C(=O)CCCN1c2cccc3cccc(c23)S1(=O)=O. The number of anilines is 1. The molecule has 2 aliphatic rings. The fourth-order valence-corrected chi connectivity index (χ4v) is 7.40. The zero-order valence-electron chi connectivity index (χ0n) is 22.1. The Hall–Kier alpha value is -3.46. The molecule has 2 amide bonds. The van der Waals surface area contributed by atoms with Gasteiger partial charge in [0.2, 0.25) is 11.8 Å². The Bertz CT molecular complexity index is 1460. The molecule has 39 heavy (non-hydrogen) atoms. The molecule has 9 heteroatoms. The van der Waals surface area contributed by atoms with Crippen molar-refractivity contribution in [1.29, 1.82) is 0 Å². The molecule has 0 bridgehead atoms. The summed E-state index contributed by atoms with van der Waals surface area (Å²) < 4.78 is 41.4. The largest absolute Gasteiger partial charge is 0.352 e. The molecule has 1 heterocycles. The van der Waals surface area contributed by atoms with Gasteiger partial charge in [0.1, 0.15) is 11.9 Å². The number of nitrogens with zero attached hydrogens (tertiary/aromatic N) is 2. The van der Waals surface area contributed by atoms with Crippen LogP contribution in [-0.2, 0) is 26.2 Å². The molecule has 0 radical (unpaired) electrons.